The lowest BCUT2D eigenvalue weighted by atomic mass is 10.1. The molecule has 2 nitrogen and oxygen atoms in total. The Morgan fingerprint density at radius 1 is 1.11 bits per heavy atom. The van der Waals surface area contributed by atoms with Crippen LogP contribution in [0, 0.1) is 0 Å². The van der Waals surface area contributed by atoms with Crippen LogP contribution in [0.1, 0.15) is 39.7 Å². The molecule has 1 aromatic carbocycles. The molecule has 0 fully saturated rings. The molecule has 1 atom stereocenters. The van der Waals surface area contributed by atoms with Gasteiger partial charge in [0.2, 0.25) is 0 Å². The van der Waals surface area contributed by atoms with Crippen molar-refractivity contribution in [3.05, 3.63) is 29.8 Å². The molecule has 0 saturated heterocycles. The molecule has 0 saturated carbocycles. The van der Waals surface area contributed by atoms with Gasteiger partial charge in [-0.2, -0.15) is 0 Å². The van der Waals surface area contributed by atoms with Gasteiger partial charge < -0.3 is 10.2 Å². The van der Waals surface area contributed by atoms with Gasteiger partial charge >= 0.3 is 0 Å². The lowest BCUT2D eigenvalue weighted by Gasteiger charge is -2.30. The topological polar surface area (TPSA) is 15.3 Å². The van der Waals surface area contributed by atoms with Gasteiger partial charge in [-0.25, -0.2) is 0 Å². The SMILES string of the molecule is CCc1ccc(N(C)C(CC)CNC(C)C)cc1. The molecule has 1 N–H and O–H groups in total. The first-order valence-electron chi connectivity index (χ1n) is 7.13. The van der Waals surface area contributed by atoms with E-state index in [0.29, 0.717) is 12.1 Å². The van der Waals surface area contributed by atoms with Gasteiger partial charge in [-0.3, -0.25) is 0 Å². The predicted octanol–water partition coefficient (Wildman–Crippen LogP) is 3.46. The van der Waals surface area contributed by atoms with E-state index in [1.807, 2.05) is 0 Å². The standard InChI is InChI=1S/C16H28N2/c1-6-14-8-10-16(11-9-14)18(5)15(7-2)12-17-13(3)4/h8-11,13,15,17H,6-7,12H2,1-5H3. The van der Waals surface area contributed by atoms with Crippen LogP contribution in [0.25, 0.3) is 0 Å². The van der Waals surface area contributed by atoms with Crippen LogP contribution in [0.2, 0.25) is 0 Å². The highest BCUT2D eigenvalue weighted by Crippen LogP contribution is 2.17. The van der Waals surface area contributed by atoms with Crippen molar-refractivity contribution in [2.45, 2.75) is 52.6 Å². The summed E-state index contributed by atoms with van der Waals surface area (Å²) in [7, 11) is 2.19. The van der Waals surface area contributed by atoms with Gasteiger partial charge in [-0.1, -0.05) is 39.8 Å². The molecule has 102 valence electrons. The molecule has 1 aromatic rings. The highest BCUT2D eigenvalue weighted by atomic mass is 15.2. The van der Waals surface area contributed by atoms with Gasteiger partial charge in [0.15, 0.2) is 0 Å². The third kappa shape index (κ3) is 4.34. The first kappa shape index (κ1) is 15.0. The third-order valence-corrected chi connectivity index (χ3v) is 3.53. The van der Waals surface area contributed by atoms with Crippen LogP contribution >= 0.6 is 0 Å². The van der Waals surface area contributed by atoms with Crippen LogP contribution in [0.4, 0.5) is 5.69 Å². The Bertz CT molecular complexity index is 329. The van der Waals surface area contributed by atoms with E-state index in [1.165, 1.54) is 11.3 Å². The van der Waals surface area contributed by atoms with Gasteiger partial charge in [0, 0.05) is 31.4 Å². The maximum atomic E-state index is 3.53. The minimum atomic E-state index is 0.551. The van der Waals surface area contributed by atoms with E-state index in [0.717, 1.165) is 19.4 Å². The van der Waals surface area contributed by atoms with Crippen LogP contribution in [0.5, 0.6) is 0 Å². The third-order valence-electron chi connectivity index (χ3n) is 3.53. The van der Waals surface area contributed by atoms with Crippen molar-refractivity contribution in [1.82, 2.24) is 5.32 Å². The highest BCUT2D eigenvalue weighted by molar-refractivity contribution is 5.47. The van der Waals surface area contributed by atoms with Crippen molar-refractivity contribution in [3.8, 4) is 0 Å². The normalized spacial score (nSPS) is 12.8. The summed E-state index contributed by atoms with van der Waals surface area (Å²) in [4.78, 5) is 2.38. The Labute approximate surface area is 112 Å². The van der Waals surface area contributed by atoms with Crippen molar-refractivity contribution in [2.24, 2.45) is 0 Å². The first-order chi connectivity index (χ1) is 8.58. The molecule has 0 aliphatic carbocycles. The average molecular weight is 248 g/mol. The molecule has 0 amide bonds. The monoisotopic (exact) mass is 248 g/mol. The van der Waals surface area contributed by atoms with Crippen LogP contribution in [0.15, 0.2) is 24.3 Å². The van der Waals surface area contributed by atoms with Crippen LogP contribution in [-0.4, -0.2) is 25.7 Å². The summed E-state index contributed by atoms with van der Waals surface area (Å²) < 4.78 is 0. The second-order valence-electron chi connectivity index (χ2n) is 5.26. The van der Waals surface area contributed by atoms with E-state index < -0.39 is 0 Å². The molecule has 0 bridgehead atoms. The molecule has 0 aliphatic heterocycles. The zero-order chi connectivity index (χ0) is 13.5. The number of likely N-dealkylation sites (N-methyl/N-ethyl adjacent to an activating group) is 1. The minimum absolute atomic E-state index is 0.551. The molecular formula is C16H28N2. The number of rotatable bonds is 7. The Balaban J connectivity index is 2.66. The largest absolute Gasteiger partial charge is 0.370 e. The Kier molecular flexibility index (Phi) is 6.20. The average Bonchev–Trinajstić information content (AvgIpc) is 2.39. The van der Waals surface area contributed by atoms with E-state index in [1.54, 1.807) is 0 Å². The van der Waals surface area contributed by atoms with Crippen molar-refractivity contribution in [1.29, 1.82) is 0 Å². The Morgan fingerprint density at radius 2 is 1.72 bits per heavy atom. The minimum Gasteiger partial charge on any atom is -0.370 e. The van der Waals surface area contributed by atoms with E-state index in [4.69, 9.17) is 0 Å². The predicted molar refractivity (Wildman–Crippen MR) is 81.4 cm³/mol. The molecule has 0 aliphatic rings. The fourth-order valence-corrected chi connectivity index (χ4v) is 2.10. The number of benzene rings is 1. The smallest absolute Gasteiger partial charge is 0.0408 e. The van der Waals surface area contributed by atoms with Crippen molar-refractivity contribution < 1.29 is 0 Å². The maximum Gasteiger partial charge on any atom is 0.0408 e. The molecule has 0 radical (unpaired) electrons. The van der Waals surface area contributed by atoms with Crippen molar-refractivity contribution in [2.75, 3.05) is 18.5 Å². The van der Waals surface area contributed by atoms with Crippen molar-refractivity contribution >= 4 is 5.69 Å². The van der Waals surface area contributed by atoms with Gasteiger partial charge in [-0.15, -0.1) is 0 Å². The summed E-state index contributed by atoms with van der Waals surface area (Å²) in [5.74, 6) is 0. The van der Waals surface area contributed by atoms with Crippen molar-refractivity contribution in [3.63, 3.8) is 0 Å². The van der Waals surface area contributed by atoms with Crippen LogP contribution in [0.3, 0.4) is 0 Å². The Hall–Kier alpha value is -1.02. The molecule has 0 aromatic heterocycles. The second kappa shape index (κ2) is 7.42. The van der Waals surface area contributed by atoms with Crippen LogP contribution in [-0.2, 0) is 6.42 Å². The molecule has 0 heterocycles. The first-order valence-corrected chi connectivity index (χ1v) is 7.13. The second-order valence-corrected chi connectivity index (χ2v) is 5.26. The van der Waals surface area contributed by atoms with Gasteiger partial charge in [-0.05, 0) is 30.5 Å². The maximum absolute atomic E-state index is 3.53. The molecule has 0 spiro atoms. The fourth-order valence-electron chi connectivity index (χ4n) is 2.10. The number of nitrogens with zero attached hydrogens (tertiary/aromatic N) is 1. The zero-order valence-electron chi connectivity index (χ0n) is 12.5. The van der Waals surface area contributed by atoms with E-state index in [-0.39, 0.29) is 0 Å². The molecule has 1 unspecified atom stereocenters. The summed E-state index contributed by atoms with van der Waals surface area (Å²) in [6, 6.07) is 10.0. The van der Waals surface area contributed by atoms with E-state index in [2.05, 4.69) is 69.2 Å². The number of anilines is 1. The molecule has 1 rings (SSSR count). The van der Waals surface area contributed by atoms with Gasteiger partial charge in [0.1, 0.15) is 0 Å². The highest BCUT2D eigenvalue weighted by Gasteiger charge is 2.13. The quantitative estimate of drug-likeness (QED) is 0.795. The van der Waals surface area contributed by atoms with E-state index in [9.17, 15) is 0 Å². The molecule has 18 heavy (non-hydrogen) atoms. The summed E-state index contributed by atoms with van der Waals surface area (Å²) in [6.07, 6.45) is 2.27. The molecular weight excluding hydrogens is 220 g/mol. The fraction of sp³-hybridized carbons (Fsp3) is 0.625. The summed E-state index contributed by atoms with van der Waals surface area (Å²) in [6.45, 7) is 9.88. The van der Waals surface area contributed by atoms with Gasteiger partial charge in [0.25, 0.3) is 0 Å². The van der Waals surface area contributed by atoms with Crippen LogP contribution < -0.4 is 10.2 Å². The van der Waals surface area contributed by atoms with Gasteiger partial charge in [0.05, 0.1) is 0 Å². The van der Waals surface area contributed by atoms with E-state index >= 15 is 0 Å². The zero-order valence-corrected chi connectivity index (χ0v) is 12.5. The number of aryl methyl sites for hydroxylation is 1. The summed E-state index contributed by atoms with van der Waals surface area (Å²) in [5.41, 5.74) is 2.71. The lowest BCUT2D eigenvalue weighted by molar-refractivity contribution is 0.502. The summed E-state index contributed by atoms with van der Waals surface area (Å²) >= 11 is 0. The number of hydrogen-bond donors (Lipinski definition) is 1. The number of hydrogen-bond acceptors (Lipinski definition) is 2. The molecule has 2 heteroatoms. The number of nitrogens with one attached hydrogen (secondary N) is 1. The lowest BCUT2D eigenvalue weighted by Crippen LogP contribution is -2.41. The summed E-state index contributed by atoms with van der Waals surface area (Å²) in [5, 5.41) is 3.53. The Morgan fingerprint density at radius 3 is 2.17 bits per heavy atom.